The van der Waals surface area contributed by atoms with Crippen LogP contribution in [0.25, 0.3) is 16.7 Å². The SMILES string of the molecule is COc1nc2ccccc2n2c(C(O)c3ccccc3)cnc12. The van der Waals surface area contributed by atoms with E-state index in [1.807, 2.05) is 59.0 Å². The monoisotopic (exact) mass is 305 g/mol. The van der Waals surface area contributed by atoms with Crippen molar-refractivity contribution in [3.63, 3.8) is 0 Å². The lowest BCUT2D eigenvalue weighted by Crippen LogP contribution is -2.05. The molecular weight excluding hydrogens is 290 g/mol. The van der Waals surface area contributed by atoms with Crippen molar-refractivity contribution in [3.8, 4) is 5.88 Å². The van der Waals surface area contributed by atoms with Crippen molar-refractivity contribution >= 4 is 16.7 Å². The number of hydrogen-bond acceptors (Lipinski definition) is 4. The normalized spacial score (nSPS) is 12.6. The Labute approximate surface area is 132 Å². The first-order chi connectivity index (χ1) is 11.3. The third kappa shape index (κ3) is 2.13. The second kappa shape index (κ2) is 5.37. The number of hydrogen-bond donors (Lipinski definition) is 1. The highest BCUT2D eigenvalue weighted by atomic mass is 16.5. The van der Waals surface area contributed by atoms with Gasteiger partial charge in [-0.2, -0.15) is 0 Å². The minimum atomic E-state index is -0.776. The summed E-state index contributed by atoms with van der Waals surface area (Å²) in [6.07, 6.45) is 0.894. The Balaban J connectivity index is 2.03. The van der Waals surface area contributed by atoms with E-state index in [-0.39, 0.29) is 0 Å². The first kappa shape index (κ1) is 13.7. The molecule has 23 heavy (non-hydrogen) atoms. The van der Waals surface area contributed by atoms with Crippen molar-refractivity contribution < 1.29 is 9.84 Å². The van der Waals surface area contributed by atoms with Gasteiger partial charge >= 0.3 is 0 Å². The third-order valence-electron chi connectivity index (χ3n) is 3.91. The Hall–Kier alpha value is -2.92. The zero-order valence-electron chi connectivity index (χ0n) is 12.5. The van der Waals surface area contributed by atoms with Crippen LogP contribution >= 0.6 is 0 Å². The molecule has 5 nitrogen and oxygen atoms in total. The van der Waals surface area contributed by atoms with Crippen LogP contribution in [0.15, 0.2) is 60.8 Å². The molecule has 0 saturated carbocycles. The molecule has 0 aliphatic heterocycles. The van der Waals surface area contributed by atoms with Crippen LogP contribution in [-0.4, -0.2) is 26.6 Å². The zero-order valence-corrected chi connectivity index (χ0v) is 12.5. The fourth-order valence-electron chi connectivity index (χ4n) is 2.81. The van der Waals surface area contributed by atoms with Crippen LogP contribution in [0.3, 0.4) is 0 Å². The van der Waals surface area contributed by atoms with Crippen LogP contribution in [0.2, 0.25) is 0 Å². The van der Waals surface area contributed by atoms with Crippen molar-refractivity contribution in [1.82, 2.24) is 14.4 Å². The summed E-state index contributed by atoms with van der Waals surface area (Å²) in [7, 11) is 1.57. The summed E-state index contributed by atoms with van der Waals surface area (Å²) in [6.45, 7) is 0. The summed E-state index contributed by atoms with van der Waals surface area (Å²) in [5, 5.41) is 10.8. The molecule has 5 heteroatoms. The number of methoxy groups -OCH3 is 1. The molecule has 1 N–H and O–H groups in total. The molecule has 0 fully saturated rings. The van der Waals surface area contributed by atoms with Crippen LogP contribution in [0.5, 0.6) is 5.88 Å². The number of fused-ring (bicyclic) bond motifs is 3. The predicted octanol–water partition coefficient (Wildman–Crippen LogP) is 2.97. The van der Waals surface area contributed by atoms with Crippen molar-refractivity contribution in [2.24, 2.45) is 0 Å². The number of imidazole rings is 1. The van der Waals surface area contributed by atoms with E-state index < -0.39 is 6.10 Å². The van der Waals surface area contributed by atoms with Gasteiger partial charge in [0.25, 0.3) is 5.88 Å². The van der Waals surface area contributed by atoms with Crippen LogP contribution < -0.4 is 4.74 Å². The Bertz CT molecular complexity index is 980. The molecule has 2 aromatic carbocycles. The van der Waals surface area contributed by atoms with Crippen LogP contribution in [0, 0.1) is 0 Å². The lowest BCUT2D eigenvalue weighted by Gasteiger charge is -2.13. The Kier molecular flexibility index (Phi) is 3.20. The molecule has 0 spiro atoms. The molecule has 114 valence electrons. The number of benzene rings is 2. The number of ether oxygens (including phenoxy) is 1. The van der Waals surface area contributed by atoms with Gasteiger partial charge in [-0.25, -0.2) is 9.97 Å². The predicted molar refractivity (Wildman–Crippen MR) is 87.5 cm³/mol. The molecule has 0 amide bonds. The molecule has 4 aromatic rings. The maximum absolute atomic E-state index is 10.8. The summed E-state index contributed by atoms with van der Waals surface area (Å²) in [4.78, 5) is 8.88. The first-order valence-electron chi connectivity index (χ1n) is 7.32. The highest BCUT2D eigenvalue weighted by Gasteiger charge is 2.19. The van der Waals surface area contributed by atoms with Gasteiger partial charge in [0.15, 0.2) is 0 Å². The summed E-state index contributed by atoms with van der Waals surface area (Å²) < 4.78 is 7.26. The van der Waals surface area contributed by atoms with Gasteiger partial charge in [-0.1, -0.05) is 42.5 Å². The molecule has 4 rings (SSSR count). The number of aromatic nitrogens is 3. The summed E-state index contributed by atoms with van der Waals surface area (Å²) in [5.74, 6) is 0.440. The van der Waals surface area contributed by atoms with E-state index in [1.54, 1.807) is 13.3 Å². The van der Waals surface area contributed by atoms with E-state index in [2.05, 4.69) is 9.97 Å². The lowest BCUT2D eigenvalue weighted by atomic mass is 10.1. The standard InChI is InChI=1S/C18H15N3O2/c1-23-18-17-19-11-15(16(22)12-7-3-2-4-8-12)21(17)14-10-6-5-9-13(14)20-18/h2-11,16,22H,1H3. The highest BCUT2D eigenvalue weighted by molar-refractivity contribution is 5.80. The van der Waals surface area contributed by atoms with Crippen molar-refractivity contribution in [2.75, 3.05) is 7.11 Å². The minimum Gasteiger partial charge on any atom is -0.478 e. The molecular formula is C18H15N3O2. The Morgan fingerprint density at radius 3 is 2.57 bits per heavy atom. The fourth-order valence-corrected chi connectivity index (χ4v) is 2.81. The smallest absolute Gasteiger partial charge is 0.258 e. The molecule has 2 heterocycles. The zero-order chi connectivity index (χ0) is 15.8. The molecule has 1 atom stereocenters. The van der Waals surface area contributed by atoms with Crippen molar-refractivity contribution in [2.45, 2.75) is 6.10 Å². The highest BCUT2D eigenvalue weighted by Crippen LogP contribution is 2.29. The van der Waals surface area contributed by atoms with E-state index in [9.17, 15) is 5.11 Å². The molecule has 0 aliphatic carbocycles. The average Bonchev–Trinajstić information content (AvgIpc) is 3.06. The van der Waals surface area contributed by atoms with Gasteiger partial charge in [0.1, 0.15) is 6.10 Å². The Morgan fingerprint density at radius 2 is 1.78 bits per heavy atom. The number of nitrogens with zero attached hydrogens (tertiary/aromatic N) is 3. The maximum Gasteiger partial charge on any atom is 0.258 e. The van der Waals surface area contributed by atoms with Crippen LogP contribution in [0.4, 0.5) is 0 Å². The van der Waals surface area contributed by atoms with Crippen LogP contribution in [-0.2, 0) is 0 Å². The fraction of sp³-hybridized carbons (Fsp3) is 0.111. The van der Waals surface area contributed by atoms with Gasteiger partial charge < -0.3 is 9.84 Å². The maximum atomic E-state index is 10.8. The van der Waals surface area contributed by atoms with Gasteiger partial charge in [0.2, 0.25) is 5.65 Å². The van der Waals surface area contributed by atoms with E-state index in [4.69, 9.17) is 4.74 Å². The number of aliphatic hydroxyl groups excluding tert-OH is 1. The number of para-hydroxylation sites is 2. The van der Waals surface area contributed by atoms with Gasteiger partial charge in [0, 0.05) is 0 Å². The van der Waals surface area contributed by atoms with E-state index >= 15 is 0 Å². The van der Waals surface area contributed by atoms with E-state index in [0.29, 0.717) is 17.2 Å². The molecule has 0 bridgehead atoms. The molecule has 0 radical (unpaired) electrons. The van der Waals surface area contributed by atoms with Crippen LogP contribution in [0.1, 0.15) is 17.4 Å². The van der Waals surface area contributed by atoms with E-state index in [0.717, 1.165) is 16.6 Å². The van der Waals surface area contributed by atoms with Crippen molar-refractivity contribution in [1.29, 1.82) is 0 Å². The molecule has 0 saturated heterocycles. The lowest BCUT2D eigenvalue weighted by molar-refractivity contribution is 0.214. The van der Waals surface area contributed by atoms with Gasteiger partial charge in [-0.3, -0.25) is 4.40 Å². The molecule has 2 aromatic heterocycles. The quantitative estimate of drug-likeness (QED) is 0.632. The van der Waals surface area contributed by atoms with Crippen molar-refractivity contribution in [3.05, 3.63) is 72.1 Å². The average molecular weight is 305 g/mol. The summed E-state index contributed by atoms with van der Waals surface area (Å²) in [5.41, 5.74) is 3.76. The molecule has 1 unspecified atom stereocenters. The van der Waals surface area contributed by atoms with Gasteiger partial charge in [-0.15, -0.1) is 0 Å². The second-order valence-electron chi connectivity index (χ2n) is 5.27. The summed E-state index contributed by atoms with van der Waals surface area (Å²) >= 11 is 0. The number of rotatable bonds is 3. The van der Waals surface area contributed by atoms with Gasteiger partial charge in [0.05, 0.1) is 30.0 Å². The number of aliphatic hydroxyl groups is 1. The molecule has 0 aliphatic rings. The van der Waals surface area contributed by atoms with E-state index in [1.165, 1.54) is 0 Å². The first-order valence-corrected chi connectivity index (χ1v) is 7.32. The third-order valence-corrected chi connectivity index (χ3v) is 3.91. The topological polar surface area (TPSA) is 59.7 Å². The van der Waals surface area contributed by atoms with Gasteiger partial charge in [-0.05, 0) is 17.7 Å². The summed E-state index contributed by atoms with van der Waals surface area (Å²) in [6, 6.07) is 17.2. The second-order valence-corrected chi connectivity index (χ2v) is 5.27. The largest absolute Gasteiger partial charge is 0.478 e. The Morgan fingerprint density at radius 1 is 1.04 bits per heavy atom. The minimum absolute atomic E-state index is 0.440.